The van der Waals surface area contributed by atoms with Gasteiger partial charge in [-0.05, 0) is 25.5 Å². The van der Waals surface area contributed by atoms with E-state index in [1.807, 2.05) is 19.1 Å². The Balaban J connectivity index is 1.71. The Kier molecular flexibility index (Phi) is 5.47. The van der Waals surface area contributed by atoms with Gasteiger partial charge in [0.1, 0.15) is 0 Å². The molecule has 1 atom stereocenters. The molecule has 0 saturated carbocycles. The van der Waals surface area contributed by atoms with Crippen molar-refractivity contribution in [2.45, 2.75) is 18.6 Å². The highest BCUT2D eigenvalue weighted by Crippen LogP contribution is 2.23. The molecule has 22 heavy (non-hydrogen) atoms. The predicted octanol–water partition coefficient (Wildman–Crippen LogP) is 0.676. The normalized spacial score (nSPS) is 19.6. The van der Waals surface area contributed by atoms with Gasteiger partial charge in [0.25, 0.3) is 5.91 Å². The Hall–Kier alpha value is -1.54. The van der Waals surface area contributed by atoms with Crippen LogP contribution in [0.2, 0.25) is 0 Å². The van der Waals surface area contributed by atoms with Gasteiger partial charge >= 0.3 is 0 Å². The molecule has 0 bridgehead atoms. The first-order valence-electron chi connectivity index (χ1n) is 6.83. The van der Waals surface area contributed by atoms with Crippen molar-refractivity contribution in [2.24, 2.45) is 0 Å². The second-order valence-corrected chi connectivity index (χ2v) is 8.72. The van der Waals surface area contributed by atoms with Gasteiger partial charge in [-0.15, -0.1) is 11.8 Å². The molecular formula is C14H18N2O4S2. The number of hydrazine groups is 1. The third-order valence-electron chi connectivity index (χ3n) is 3.27. The molecule has 2 N–H and O–H groups in total. The lowest BCUT2D eigenvalue weighted by Crippen LogP contribution is -2.42. The number of nitrogens with one attached hydrogen (secondary N) is 2. The third kappa shape index (κ3) is 5.03. The summed E-state index contributed by atoms with van der Waals surface area (Å²) in [6.07, 6.45) is 0.579. The first kappa shape index (κ1) is 16.8. The number of carbonyl (C=O) groups is 2. The molecule has 0 aromatic heterocycles. The van der Waals surface area contributed by atoms with Gasteiger partial charge in [0.2, 0.25) is 5.91 Å². The molecule has 1 aliphatic rings. The summed E-state index contributed by atoms with van der Waals surface area (Å²) in [5.74, 6) is -0.303. The van der Waals surface area contributed by atoms with Crippen LogP contribution in [0.15, 0.2) is 24.3 Å². The molecular weight excluding hydrogens is 324 g/mol. The molecule has 0 aliphatic carbocycles. The van der Waals surface area contributed by atoms with Crippen LogP contribution in [-0.2, 0) is 14.6 Å². The van der Waals surface area contributed by atoms with Gasteiger partial charge in [-0.1, -0.05) is 17.7 Å². The van der Waals surface area contributed by atoms with Gasteiger partial charge in [0.05, 0.1) is 17.3 Å². The number of hydrogen-bond donors (Lipinski definition) is 2. The van der Waals surface area contributed by atoms with E-state index in [0.29, 0.717) is 12.0 Å². The molecule has 6 nitrogen and oxygen atoms in total. The fraction of sp³-hybridized carbons (Fsp3) is 0.429. The third-order valence-corrected chi connectivity index (χ3v) is 6.55. The molecule has 2 rings (SSSR count). The maximum Gasteiger partial charge on any atom is 0.269 e. The van der Waals surface area contributed by atoms with Crippen LogP contribution in [0.25, 0.3) is 0 Å². The molecule has 1 heterocycles. The average molecular weight is 342 g/mol. The zero-order chi connectivity index (χ0) is 16.2. The van der Waals surface area contributed by atoms with Gasteiger partial charge in [-0.25, -0.2) is 8.42 Å². The number of carbonyl (C=O) groups excluding carboxylic acids is 2. The molecule has 0 unspecified atom stereocenters. The Morgan fingerprint density at radius 1 is 1.23 bits per heavy atom. The summed E-state index contributed by atoms with van der Waals surface area (Å²) in [4.78, 5) is 23.4. The van der Waals surface area contributed by atoms with Crippen LogP contribution >= 0.6 is 11.8 Å². The second-order valence-electron chi connectivity index (χ2n) is 5.20. The number of thioether (sulfide) groups is 1. The number of aryl methyl sites for hydroxylation is 1. The zero-order valence-corrected chi connectivity index (χ0v) is 13.8. The summed E-state index contributed by atoms with van der Waals surface area (Å²) < 4.78 is 22.6. The quantitative estimate of drug-likeness (QED) is 0.785. The highest BCUT2D eigenvalue weighted by Gasteiger charge is 2.28. The van der Waals surface area contributed by atoms with Crippen LogP contribution in [-0.4, -0.2) is 42.7 Å². The molecule has 120 valence electrons. The van der Waals surface area contributed by atoms with Crippen LogP contribution in [0, 0.1) is 6.92 Å². The molecule has 0 spiro atoms. The topological polar surface area (TPSA) is 92.3 Å². The lowest BCUT2D eigenvalue weighted by molar-refractivity contribution is -0.119. The first-order valence-corrected chi connectivity index (χ1v) is 9.70. The molecule has 1 aromatic rings. The summed E-state index contributed by atoms with van der Waals surface area (Å²) in [5.41, 5.74) is 6.17. The molecule has 1 fully saturated rings. The fourth-order valence-electron chi connectivity index (χ4n) is 2.03. The van der Waals surface area contributed by atoms with E-state index < -0.39 is 9.84 Å². The molecule has 2 amide bonds. The van der Waals surface area contributed by atoms with Crippen molar-refractivity contribution in [1.82, 2.24) is 10.9 Å². The number of rotatable bonds is 4. The van der Waals surface area contributed by atoms with Gasteiger partial charge in [-0.3, -0.25) is 20.4 Å². The van der Waals surface area contributed by atoms with E-state index in [4.69, 9.17) is 0 Å². The van der Waals surface area contributed by atoms with Crippen molar-refractivity contribution in [2.75, 3.05) is 17.3 Å². The SMILES string of the molecule is Cc1ccc(C(=O)NNC(=O)CS[C@H]2CCS(=O)(=O)C2)cc1. The van der Waals surface area contributed by atoms with E-state index in [-0.39, 0.29) is 34.3 Å². The lowest BCUT2D eigenvalue weighted by atomic mass is 10.1. The van der Waals surface area contributed by atoms with Gasteiger partial charge in [0, 0.05) is 10.8 Å². The minimum Gasteiger partial charge on any atom is -0.272 e. The van der Waals surface area contributed by atoms with E-state index in [9.17, 15) is 18.0 Å². The van der Waals surface area contributed by atoms with Gasteiger partial charge in [0.15, 0.2) is 9.84 Å². The van der Waals surface area contributed by atoms with Crippen LogP contribution < -0.4 is 10.9 Å². The van der Waals surface area contributed by atoms with Crippen LogP contribution in [0.1, 0.15) is 22.3 Å². The maximum atomic E-state index is 11.8. The minimum absolute atomic E-state index is 0.0384. The van der Waals surface area contributed by atoms with Crippen molar-refractivity contribution < 1.29 is 18.0 Å². The second kappa shape index (κ2) is 7.15. The van der Waals surface area contributed by atoms with Crippen molar-refractivity contribution in [3.63, 3.8) is 0 Å². The Bertz CT molecular complexity index is 656. The monoisotopic (exact) mass is 342 g/mol. The Labute approximate surface area is 133 Å². The largest absolute Gasteiger partial charge is 0.272 e. The van der Waals surface area contributed by atoms with Crippen LogP contribution in [0.3, 0.4) is 0 Å². The van der Waals surface area contributed by atoms with Gasteiger partial charge in [-0.2, -0.15) is 0 Å². The van der Waals surface area contributed by atoms with Crippen LogP contribution in [0.4, 0.5) is 0 Å². The predicted molar refractivity (Wildman–Crippen MR) is 86.3 cm³/mol. The number of amides is 2. The summed E-state index contributed by atoms with van der Waals surface area (Å²) in [6, 6.07) is 6.98. The Morgan fingerprint density at radius 3 is 2.50 bits per heavy atom. The average Bonchev–Trinajstić information content (AvgIpc) is 2.82. The van der Waals surface area contributed by atoms with E-state index in [0.717, 1.165) is 5.56 Å². The smallest absolute Gasteiger partial charge is 0.269 e. The summed E-state index contributed by atoms with van der Waals surface area (Å²) in [6.45, 7) is 1.92. The van der Waals surface area contributed by atoms with E-state index in [2.05, 4.69) is 10.9 Å². The van der Waals surface area contributed by atoms with Crippen LogP contribution in [0.5, 0.6) is 0 Å². The molecule has 1 aliphatic heterocycles. The lowest BCUT2D eigenvalue weighted by Gasteiger charge is -2.09. The molecule has 1 saturated heterocycles. The number of sulfone groups is 1. The van der Waals surface area contributed by atoms with E-state index in [1.54, 1.807) is 12.1 Å². The van der Waals surface area contributed by atoms with Crippen molar-refractivity contribution in [3.8, 4) is 0 Å². The molecule has 1 aromatic carbocycles. The summed E-state index contributed by atoms with van der Waals surface area (Å²) >= 11 is 1.30. The van der Waals surface area contributed by atoms with E-state index >= 15 is 0 Å². The van der Waals surface area contributed by atoms with Crippen molar-refractivity contribution >= 4 is 33.4 Å². The minimum atomic E-state index is -2.93. The van der Waals surface area contributed by atoms with Crippen molar-refractivity contribution in [3.05, 3.63) is 35.4 Å². The highest BCUT2D eigenvalue weighted by molar-refractivity contribution is 8.02. The Morgan fingerprint density at radius 2 is 1.91 bits per heavy atom. The van der Waals surface area contributed by atoms with Crippen molar-refractivity contribution in [1.29, 1.82) is 0 Å². The summed E-state index contributed by atoms with van der Waals surface area (Å²) in [5, 5.41) is -0.0384. The maximum absolute atomic E-state index is 11.8. The molecule has 8 heteroatoms. The zero-order valence-electron chi connectivity index (χ0n) is 12.2. The highest BCUT2D eigenvalue weighted by atomic mass is 32.2. The first-order chi connectivity index (χ1) is 10.4. The fourth-order valence-corrected chi connectivity index (χ4v) is 5.47. The number of hydrogen-bond acceptors (Lipinski definition) is 5. The van der Waals surface area contributed by atoms with Gasteiger partial charge < -0.3 is 0 Å². The summed E-state index contributed by atoms with van der Waals surface area (Å²) in [7, 11) is -2.93. The standard InChI is InChI=1S/C14H18N2O4S2/c1-10-2-4-11(5-3-10)14(18)16-15-13(17)8-21-12-6-7-22(19,20)9-12/h2-5,12H,6-9H2,1H3,(H,15,17)(H,16,18)/t12-/m0/s1. The van der Waals surface area contributed by atoms with E-state index in [1.165, 1.54) is 11.8 Å². The number of benzene rings is 1. The molecule has 0 radical (unpaired) electrons.